The average molecular weight is 245 g/mol. The van der Waals surface area contributed by atoms with Gasteiger partial charge in [0.1, 0.15) is 0 Å². The first-order valence-electron chi connectivity index (χ1n) is 6.95. The van der Waals surface area contributed by atoms with Crippen molar-refractivity contribution in [1.29, 1.82) is 0 Å². The van der Waals surface area contributed by atoms with E-state index in [1.165, 1.54) is 36.8 Å². The zero-order chi connectivity index (χ0) is 12.8. The molecule has 3 heteroatoms. The maximum absolute atomic E-state index is 5.78. The number of aromatic nitrogens is 1. The summed E-state index contributed by atoms with van der Waals surface area (Å²) in [6, 6.07) is 4.22. The van der Waals surface area contributed by atoms with E-state index < -0.39 is 0 Å². The molecule has 0 aliphatic heterocycles. The van der Waals surface area contributed by atoms with Gasteiger partial charge in [-0.3, -0.25) is 10.8 Å². The standard InChI is InChI=1S/C15H23N3/c1-2-12-10-7-11-17-14(12)15(18-16)13-8-5-3-4-6-9-13/h7-8,10-11,15,18H,2-6,9,16H2,1H3. The van der Waals surface area contributed by atoms with E-state index in [4.69, 9.17) is 5.84 Å². The van der Waals surface area contributed by atoms with E-state index in [0.29, 0.717) is 0 Å². The molecule has 0 radical (unpaired) electrons. The van der Waals surface area contributed by atoms with Gasteiger partial charge in [0.2, 0.25) is 0 Å². The van der Waals surface area contributed by atoms with E-state index >= 15 is 0 Å². The van der Waals surface area contributed by atoms with Crippen LogP contribution in [-0.4, -0.2) is 4.98 Å². The highest BCUT2D eigenvalue weighted by Crippen LogP contribution is 2.29. The Balaban J connectivity index is 2.29. The maximum Gasteiger partial charge on any atom is 0.0844 e. The number of hydrogen-bond acceptors (Lipinski definition) is 3. The number of hydrogen-bond donors (Lipinski definition) is 2. The Kier molecular flexibility index (Phi) is 4.90. The van der Waals surface area contributed by atoms with Crippen LogP contribution in [0.5, 0.6) is 0 Å². The summed E-state index contributed by atoms with van der Waals surface area (Å²) in [6.07, 6.45) is 11.4. The number of nitrogens with two attached hydrogens (primary N) is 1. The Bertz CT molecular complexity index is 412. The fraction of sp³-hybridized carbons (Fsp3) is 0.533. The minimum absolute atomic E-state index is 0.0826. The van der Waals surface area contributed by atoms with Gasteiger partial charge in [-0.05, 0) is 43.7 Å². The van der Waals surface area contributed by atoms with Gasteiger partial charge >= 0.3 is 0 Å². The molecular formula is C15H23N3. The smallest absolute Gasteiger partial charge is 0.0844 e. The molecule has 1 aliphatic carbocycles. The van der Waals surface area contributed by atoms with Crippen LogP contribution in [0.25, 0.3) is 0 Å². The highest BCUT2D eigenvalue weighted by atomic mass is 15.2. The minimum Gasteiger partial charge on any atom is -0.271 e. The van der Waals surface area contributed by atoms with E-state index in [9.17, 15) is 0 Å². The highest BCUT2D eigenvalue weighted by molar-refractivity contribution is 5.30. The van der Waals surface area contributed by atoms with E-state index in [-0.39, 0.29) is 6.04 Å². The van der Waals surface area contributed by atoms with Crippen LogP contribution in [-0.2, 0) is 6.42 Å². The molecule has 98 valence electrons. The van der Waals surface area contributed by atoms with E-state index in [1.54, 1.807) is 0 Å². The summed E-state index contributed by atoms with van der Waals surface area (Å²) < 4.78 is 0. The van der Waals surface area contributed by atoms with E-state index in [0.717, 1.165) is 18.5 Å². The molecule has 0 amide bonds. The summed E-state index contributed by atoms with van der Waals surface area (Å²) in [5.74, 6) is 5.78. The lowest BCUT2D eigenvalue weighted by Crippen LogP contribution is -2.31. The maximum atomic E-state index is 5.78. The Morgan fingerprint density at radius 3 is 3.06 bits per heavy atom. The third kappa shape index (κ3) is 2.98. The fourth-order valence-corrected chi connectivity index (χ4v) is 2.67. The van der Waals surface area contributed by atoms with Crippen LogP contribution >= 0.6 is 0 Å². The van der Waals surface area contributed by atoms with Crippen LogP contribution in [0.4, 0.5) is 0 Å². The molecular weight excluding hydrogens is 222 g/mol. The van der Waals surface area contributed by atoms with Gasteiger partial charge in [-0.15, -0.1) is 0 Å². The van der Waals surface area contributed by atoms with Gasteiger partial charge in [0.15, 0.2) is 0 Å². The monoisotopic (exact) mass is 245 g/mol. The Morgan fingerprint density at radius 2 is 2.28 bits per heavy atom. The fourth-order valence-electron chi connectivity index (χ4n) is 2.67. The second-order valence-corrected chi connectivity index (χ2v) is 4.88. The predicted molar refractivity (Wildman–Crippen MR) is 74.8 cm³/mol. The van der Waals surface area contributed by atoms with Crippen LogP contribution < -0.4 is 11.3 Å². The number of aryl methyl sites for hydroxylation is 1. The van der Waals surface area contributed by atoms with E-state index in [1.807, 2.05) is 12.3 Å². The third-order valence-corrected chi connectivity index (χ3v) is 3.69. The van der Waals surface area contributed by atoms with Gasteiger partial charge in [-0.2, -0.15) is 0 Å². The average Bonchev–Trinajstić information content (AvgIpc) is 2.69. The molecule has 3 nitrogen and oxygen atoms in total. The summed E-state index contributed by atoms with van der Waals surface area (Å²) in [7, 11) is 0. The zero-order valence-corrected chi connectivity index (χ0v) is 11.2. The van der Waals surface area contributed by atoms with Crippen molar-refractivity contribution in [3.63, 3.8) is 0 Å². The molecule has 0 fully saturated rings. The zero-order valence-electron chi connectivity index (χ0n) is 11.2. The lowest BCUT2D eigenvalue weighted by molar-refractivity contribution is 0.575. The van der Waals surface area contributed by atoms with Gasteiger partial charge in [0, 0.05) is 6.20 Å². The third-order valence-electron chi connectivity index (χ3n) is 3.69. The molecule has 0 saturated carbocycles. The molecule has 0 bridgehead atoms. The molecule has 1 aliphatic rings. The molecule has 1 atom stereocenters. The number of rotatable bonds is 4. The number of nitrogens with one attached hydrogen (secondary N) is 1. The van der Waals surface area contributed by atoms with Gasteiger partial charge in [0.25, 0.3) is 0 Å². The van der Waals surface area contributed by atoms with Crippen LogP contribution in [0.15, 0.2) is 30.0 Å². The number of nitrogens with zero attached hydrogens (tertiary/aromatic N) is 1. The molecule has 0 saturated heterocycles. The number of allylic oxidation sites excluding steroid dienone is 1. The molecule has 3 N–H and O–H groups in total. The topological polar surface area (TPSA) is 50.9 Å². The molecule has 2 rings (SSSR count). The van der Waals surface area contributed by atoms with Crippen molar-refractivity contribution in [3.05, 3.63) is 41.2 Å². The van der Waals surface area contributed by atoms with Gasteiger partial charge in [0.05, 0.1) is 11.7 Å². The first-order chi connectivity index (χ1) is 8.86. The van der Waals surface area contributed by atoms with Crippen molar-refractivity contribution < 1.29 is 0 Å². The molecule has 0 spiro atoms. The van der Waals surface area contributed by atoms with Gasteiger partial charge < -0.3 is 0 Å². The highest BCUT2D eigenvalue weighted by Gasteiger charge is 2.19. The first-order valence-corrected chi connectivity index (χ1v) is 6.95. The Labute approximate surface area is 109 Å². The quantitative estimate of drug-likeness (QED) is 0.487. The van der Waals surface area contributed by atoms with Crippen molar-refractivity contribution in [2.24, 2.45) is 5.84 Å². The van der Waals surface area contributed by atoms with Gasteiger partial charge in [-0.25, -0.2) is 5.43 Å². The van der Waals surface area contributed by atoms with Crippen LogP contribution in [0.3, 0.4) is 0 Å². The molecule has 1 heterocycles. The van der Waals surface area contributed by atoms with Crippen molar-refractivity contribution in [2.45, 2.75) is 51.5 Å². The summed E-state index contributed by atoms with van der Waals surface area (Å²) in [5.41, 5.74) is 6.74. The van der Waals surface area contributed by atoms with Crippen LogP contribution in [0, 0.1) is 0 Å². The van der Waals surface area contributed by atoms with Crippen LogP contribution in [0.1, 0.15) is 56.3 Å². The second kappa shape index (κ2) is 6.66. The van der Waals surface area contributed by atoms with Crippen molar-refractivity contribution in [2.75, 3.05) is 0 Å². The van der Waals surface area contributed by atoms with Crippen LogP contribution in [0.2, 0.25) is 0 Å². The molecule has 1 unspecified atom stereocenters. The van der Waals surface area contributed by atoms with Crippen molar-refractivity contribution in [3.8, 4) is 0 Å². The number of hydrazine groups is 1. The SMILES string of the molecule is CCc1cccnc1C(NN)C1=CCCCCC1. The predicted octanol–water partition coefficient (Wildman–Crippen LogP) is 3.04. The first kappa shape index (κ1) is 13.2. The normalized spacial score (nSPS) is 18.0. The Hall–Kier alpha value is -1.19. The molecule has 1 aromatic heterocycles. The summed E-state index contributed by atoms with van der Waals surface area (Å²) in [6.45, 7) is 2.16. The number of pyridine rings is 1. The van der Waals surface area contributed by atoms with E-state index in [2.05, 4.69) is 29.5 Å². The molecule has 18 heavy (non-hydrogen) atoms. The summed E-state index contributed by atoms with van der Waals surface area (Å²) >= 11 is 0. The second-order valence-electron chi connectivity index (χ2n) is 4.88. The molecule has 1 aromatic rings. The van der Waals surface area contributed by atoms with Gasteiger partial charge in [-0.1, -0.05) is 31.1 Å². The van der Waals surface area contributed by atoms with Crippen molar-refractivity contribution >= 4 is 0 Å². The lowest BCUT2D eigenvalue weighted by Gasteiger charge is -2.21. The minimum atomic E-state index is 0.0826. The van der Waals surface area contributed by atoms with Crippen molar-refractivity contribution in [1.82, 2.24) is 10.4 Å². The summed E-state index contributed by atoms with van der Waals surface area (Å²) in [5, 5.41) is 0. The lowest BCUT2D eigenvalue weighted by atomic mass is 9.95. The molecule has 0 aromatic carbocycles. The summed E-state index contributed by atoms with van der Waals surface area (Å²) in [4.78, 5) is 4.54. The Morgan fingerprint density at radius 1 is 1.39 bits per heavy atom. The largest absolute Gasteiger partial charge is 0.271 e.